The monoisotopic (exact) mass is 379 g/mol. The zero-order chi connectivity index (χ0) is 17.8. The molecular weight excluding hydrogens is 361 g/mol. The van der Waals surface area contributed by atoms with Gasteiger partial charge in [-0.3, -0.25) is 9.69 Å². The number of benzene rings is 2. The number of anilines is 2. The Morgan fingerprint density at radius 1 is 1.00 bits per heavy atom. The quantitative estimate of drug-likeness (QED) is 0.853. The number of hydrogen-bond acceptors (Lipinski definition) is 4. The van der Waals surface area contributed by atoms with Crippen molar-refractivity contribution in [2.24, 2.45) is 0 Å². The number of nitrogens with zero attached hydrogens (tertiary/aromatic N) is 2. The minimum atomic E-state index is -0.131. The number of halogens is 2. The van der Waals surface area contributed by atoms with Crippen LogP contribution < -0.4 is 10.2 Å². The molecule has 0 aliphatic carbocycles. The van der Waals surface area contributed by atoms with E-state index in [4.69, 9.17) is 23.2 Å². The van der Waals surface area contributed by atoms with Crippen LogP contribution in [-0.2, 0) is 4.79 Å². The van der Waals surface area contributed by atoms with Gasteiger partial charge < -0.3 is 15.3 Å². The van der Waals surface area contributed by atoms with E-state index in [0.29, 0.717) is 22.3 Å². The second kappa shape index (κ2) is 7.95. The summed E-state index contributed by atoms with van der Waals surface area (Å²) in [6, 6.07) is 12.3. The molecule has 1 heterocycles. The van der Waals surface area contributed by atoms with E-state index in [9.17, 15) is 9.90 Å². The van der Waals surface area contributed by atoms with Crippen molar-refractivity contribution >= 4 is 40.5 Å². The molecule has 0 radical (unpaired) electrons. The Labute approximate surface area is 156 Å². The summed E-state index contributed by atoms with van der Waals surface area (Å²) in [4.78, 5) is 16.6. The smallest absolute Gasteiger partial charge is 0.238 e. The number of carbonyl (C=O) groups excluding carboxylic acids is 1. The number of aromatic hydroxyl groups is 1. The normalized spacial score (nSPS) is 15.2. The van der Waals surface area contributed by atoms with Gasteiger partial charge in [-0.2, -0.15) is 0 Å². The third-order valence-electron chi connectivity index (χ3n) is 4.18. The summed E-state index contributed by atoms with van der Waals surface area (Å²) in [6.45, 7) is 3.51. The van der Waals surface area contributed by atoms with E-state index < -0.39 is 0 Å². The van der Waals surface area contributed by atoms with Gasteiger partial charge in [0, 0.05) is 31.9 Å². The molecule has 0 aromatic heterocycles. The van der Waals surface area contributed by atoms with Crippen molar-refractivity contribution < 1.29 is 9.90 Å². The van der Waals surface area contributed by atoms with Crippen molar-refractivity contribution in [1.82, 2.24) is 4.90 Å². The SMILES string of the molecule is O=C(CN1CCN(c2ccc(O)cc2)CC1)Nc1c(Cl)cccc1Cl. The highest BCUT2D eigenvalue weighted by atomic mass is 35.5. The van der Waals surface area contributed by atoms with Gasteiger partial charge in [0.15, 0.2) is 0 Å². The molecule has 0 atom stereocenters. The molecule has 2 N–H and O–H groups in total. The summed E-state index contributed by atoms with van der Waals surface area (Å²) in [5.74, 6) is 0.130. The minimum absolute atomic E-state index is 0.131. The van der Waals surface area contributed by atoms with Crippen molar-refractivity contribution in [2.45, 2.75) is 0 Å². The molecule has 1 aliphatic rings. The van der Waals surface area contributed by atoms with Crippen LogP contribution in [0.5, 0.6) is 5.75 Å². The lowest BCUT2D eigenvalue weighted by Gasteiger charge is -2.35. The van der Waals surface area contributed by atoms with E-state index in [0.717, 1.165) is 31.9 Å². The number of carbonyl (C=O) groups is 1. The van der Waals surface area contributed by atoms with Crippen LogP contribution >= 0.6 is 23.2 Å². The molecule has 0 bridgehead atoms. The van der Waals surface area contributed by atoms with Gasteiger partial charge in [-0.05, 0) is 36.4 Å². The van der Waals surface area contributed by atoms with Crippen molar-refractivity contribution in [2.75, 3.05) is 42.9 Å². The van der Waals surface area contributed by atoms with Crippen LogP contribution in [-0.4, -0.2) is 48.6 Å². The fourth-order valence-electron chi connectivity index (χ4n) is 2.83. The largest absolute Gasteiger partial charge is 0.508 e. The summed E-state index contributed by atoms with van der Waals surface area (Å²) >= 11 is 12.2. The average molecular weight is 380 g/mol. The van der Waals surface area contributed by atoms with Gasteiger partial charge in [0.25, 0.3) is 0 Å². The lowest BCUT2D eigenvalue weighted by molar-refractivity contribution is -0.117. The Morgan fingerprint density at radius 2 is 1.60 bits per heavy atom. The third kappa shape index (κ3) is 4.57. The Morgan fingerprint density at radius 3 is 2.20 bits per heavy atom. The maximum Gasteiger partial charge on any atom is 0.238 e. The molecule has 1 fully saturated rings. The first-order valence-corrected chi connectivity index (χ1v) is 8.79. The van der Waals surface area contributed by atoms with Crippen molar-refractivity contribution in [1.29, 1.82) is 0 Å². The molecular formula is C18H19Cl2N3O2. The molecule has 5 nitrogen and oxygen atoms in total. The predicted molar refractivity (Wildman–Crippen MR) is 102 cm³/mol. The van der Waals surface area contributed by atoms with Crippen molar-refractivity contribution in [3.63, 3.8) is 0 Å². The van der Waals surface area contributed by atoms with E-state index in [1.54, 1.807) is 30.3 Å². The molecule has 0 spiro atoms. The van der Waals surface area contributed by atoms with Crippen molar-refractivity contribution in [3.8, 4) is 5.75 Å². The number of hydrogen-bond donors (Lipinski definition) is 2. The second-order valence-corrected chi connectivity index (χ2v) is 6.74. The average Bonchev–Trinajstić information content (AvgIpc) is 2.60. The summed E-state index contributed by atoms with van der Waals surface area (Å²) in [6.07, 6.45) is 0. The Balaban J connectivity index is 1.52. The van der Waals surface area contributed by atoms with Gasteiger partial charge in [-0.15, -0.1) is 0 Å². The fourth-order valence-corrected chi connectivity index (χ4v) is 3.32. The standard InChI is InChI=1S/C18H19Cl2N3O2/c19-15-2-1-3-16(20)18(15)21-17(25)12-22-8-10-23(11-9-22)13-4-6-14(24)7-5-13/h1-7,24H,8-12H2,(H,21,25). The number of nitrogens with one attached hydrogen (secondary N) is 1. The lowest BCUT2D eigenvalue weighted by Crippen LogP contribution is -2.48. The van der Waals surface area contributed by atoms with Gasteiger partial charge in [-0.1, -0.05) is 29.3 Å². The Hall–Kier alpha value is -1.95. The summed E-state index contributed by atoms with van der Waals surface area (Å²) in [5, 5.41) is 13.0. The third-order valence-corrected chi connectivity index (χ3v) is 4.81. The van der Waals surface area contributed by atoms with Crippen LogP contribution in [0, 0.1) is 0 Å². The zero-order valence-corrected chi connectivity index (χ0v) is 15.1. The molecule has 0 unspecified atom stereocenters. The fraction of sp³-hybridized carbons (Fsp3) is 0.278. The second-order valence-electron chi connectivity index (χ2n) is 5.92. The molecule has 2 aromatic rings. The summed E-state index contributed by atoms with van der Waals surface area (Å²) in [5.41, 5.74) is 1.53. The molecule has 132 valence electrons. The van der Waals surface area contributed by atoms with Crippen LogP contribution in [0.3, 0.4) is 0 Å². The van der Waals surface area contributed by atoms with Gasteiger partial charge in [-0.25, -0.2) is 0 Å². The molecule has 0 saturated carbocycles. The maximum absolute atomic E-state index is 12.3. The molecule has 1 amide bonds. The lowest BCUT2D eigenvalue weighted by atomic mass is 10.2. The molecule has 7 heteroatoms. The van der Waals surface area contributed by atoms with E-state index in [1.807, 2.05) is 12.1 Å². The van der Waals surface area contributed by atoms with Gasteiger partial charge in [0.2, 0.25) is 5.91 Å². The number of phenols is 1. The molecule has 2 aromatic carbocycles. The zero-order valence-electron chi connectivity index (χ0n) is 13.6. The highest BCUT2D eigenvalue weighted by Gasteiger charge is 2.20. The maximum atomic E-state index is 12.3. The van der Waals surface area contributed by atoms with Crippen LogP contribution in [0.4, 0.5) is 11.4 Å². The highest BCUT2D eigenvalue weighted by Crippen LogP contribution is 2.29. The molecule has 1 saturated heterocycles. The number of para-hydroxylation sites is 1. The number of phenolic OH excluding ortho intramolecular Hbond substituents is 1. The van der Waals surface area contributed by atoms with Crippen LogP contribution in [0.2, 0.25) is 10.0 Å². The van der Waals surface area contributed by atoms with Crippen LogP contribution in [0.25, 0.3) is 0 Å². The first kappa shape index (κ1) is 17.9. The molecule has 25 heavy (non-hydrogen) atoms. The summed E-state index contributed by atoms with van der Waals surface area (Å²) in [7, 11) is 0. The first-order chi connectivity index (χ1) is 12.0. The first-order valence-electron chi connectivity index (χ1n) is 8.03. The van der Waals surface area contributed by atoms with E-state index in [-0.39, 0.29) is 11.7 Å². The molecule has 1 aliphatic heterocycles. The molecule has 3 rings (SSSR count). The van der Waals surface area contributed by atoms with E-state index >= 15 is 0 Å². The van der Waals surface area contributed by atoms with E-state index in [2.05, 4.69) is 15.1 Å². The van der Waals surface area contributed by atoms with Gasteiger partial charge >= 0.3 is 0 Å². The summed E-state index contributed by atoms with van der Waals surface area (Å²) < 4.78 is 0. The number of amides is 1. The highest BCUT2D eigenvalue weighted by molar-refractivity contribution is 6.39. The Bertz CT molecular complexity index is 724. The minimum Gasteiger partial charge on any atom is -0.508 e. The van der Waals surface area contributed by atoms with Gasteiger partial charge in [0.1, 0.15) is 5.75 Å². The van der Waals surface area contributed by atoms with Crippen molar-refractivity contribution in [3.05, 3.63) is 52.5 Å². The number of piperazine rings is 1. The van der Waals surface area contributed by atoms with Gasteiger partial charge in [0.05, 0.1) is 22.3 Å². The predicted octanol–water partition coefficient (Wildman–Crippen LogP) is 3.46. The Kier molecular flexibility index (Phi) is 5.68. The van der Waals surface area contributed by atoms with Crippen LogP contribution in [0.1, 0.15) is 0 Å². The van der Waals surface area contributed by atoms with E-state index in [1.165, 1.54) is 0 Å². The topological polar surface area (TPSA) is 55.8 Å². The number of rotatable bonds is 4. The van der Waals surface area contributed by atoms with Crippen LogP contribution in [0.15, 0.2) is 42.5 Å².